The second kappa shape index (κ2) is 10.7. The first-order valence-electron chi connectivity index (χ1n) is 11.9. The number of para-hydroxylation sites is 1. The maximum atomic E-state index is 13.5. The van der Waals surface area contributed by atoms with Crippen molar-refractivity contribution in [2.75, 3.05) is 11.9 Å². The number of hydrogen-bond donors (Lipinski definition) is 1. The number of carbonyl (C=O) groups excluding carboxylic acids is 1. The van der Waals surface area contributed by atoms with Crippen molar-refractivity contribution in [3.05, 3.63) is 101 Å². The lowest BCUT2D eigenvalue weighted by Crippen LogP contribution is -2.31. The average molecular weight is 512 g/mol. The molecule has 0 fully saturated rings. The first kappa shape index (κ1) is 24.3. The minimum Gasteiger partial charge on any atom is -0.494 e. The van der Waals surface area contributed by atoms with Crippen molar-refractivity contribution in [2.24, 2.45) is 0 Å². The molecule has 1 atom stereocenters. The Morgan fingerprint density at radius 2 is 1.65 bits per heavy atom. The molecule has 5 rings (SSSR count). The van der Waals surface area contributed by atoms with Gasteiger partial charge in [0.25, 0.3) is 5.56 Å². The molecule has 37 heavy (non-hydrogen) atoms. The number of amides is 1. The van der Waals surface area contributed by atoms with Gasteiger partial charge in [-0.1, -0.05) is 30.3 Å². The fourth-order valence-electron chi connectivity index (χ4n) is 3.94. The van der Waals surface area contributed by atoms with Gasteiger partial charge in [-0.05, 0) is 67.9 Å². The van der Waals surface area contributed by atoms with Gasteiger partial charge in [0.1, 0.15) is 28.1 Å². The van der Waals surface area contributed by atoms with Gasteiger partial charge in [-0.15, -0.1) is 11.3 Å². The Kier molecular flexibility index (Phi) is 7.00. The highest BCUT2D eigenvalue weighted by Gasteiger charge is 2.20. The van der Waals surface area contributed by atoms with Gasteiger partial charge in [-0.3, -0.25) is 14.2 Å². The van der Waals surface area contributed by atoms with Crippen LogP contribution in [0.5, 0.6) is 17.2 Å². The van der Waals surface area contributed by atoms with Crippen LogP contribution in [0.4, 0.5) is 5.69 Å². The predicted molar refractivity (Wildman–Crippen MR) is 147 cm³/mol. The smallest absolute Gasteiger partial charge is 0.263 e. The van der Waals surface area contributed by atoms with Crippen LogP contribution in [0, 0.1) is 0 Å². The van der Waals surface area contributed by atoms with Crippen LogP contribution in [0.15, 0.2) is 95.4 Å². The third-order valence-electron chi connectivity index (χ3n) is 5.89. The van der Waals surface area contributed by atoms with Crippen molar-refractivity contribution >= 4 is 33.1 Å². The third kappa shape index (κ3) is 5.24. The summed E-state index contributed by atoms with van der Waals surface area (Å²) in [5, 5.41) is 5.29. The largest absolute Gasteiger partial charge is 0.494 e. The van der Waals surface area contributed by atoms with Gasteiger partial charge in [-0.25, -0.2) is 4.98 Å². The molecule has 0 radical (unpaired) electrons. The highest BCUT2D eigenvalue weighted by molar-refractivity contribution is 7.17. The number of aromatic nitrogens is 2. The molecule has 0 saturated carbocycles. The van der Waals surface area contributed by atoms with Crippen LogP contribution in [0.1, 0.15) is 19.9 Å². The quantitative estimate of drug-likeness (QED) is 0.257. The Morgan fingerprint density at radius 1 is 0.973 bits per heavy atom. The maximum Gasteiger partial charge on any atom is 0.263 e. The highest BCUT2D eigenvalue weighted by atomic mass is 32.1. The van der Waals surface area contributed by atoms with Crippen molar-refractivity contribution < 1.29 is 14.3 Å². The number of thiophene rings is 1. The second-order valence-electron chi connectivity index (χ2n) is 8.35. The standard InChI is InChI=1S/C29H25N3O4S/c1-3-35-22-13-9-20(10-14-22)25-17-37-28-26(25)29(34)32(18-30-28)19(2)27(33)31-21-11-15-24(16-12-21)36-23-7-5-4-6-8-23/h4-19H,3H2,1-2H3,(H,31,33). The van der Waals surface area contributed by atoms with Gasteiger partial charge in [0, 0.05) is 16.6 Å². The van der Waals surface area contributed by atoms with E-state index in [4.69, 9.17) is 9.47 Å². The molecule has 5 aromatic rings. The molecule has 0 aliphatic rings. The molecule has 0 spiro atoms. The van der Waals surface area contributed by atoms with Crippen molar-refractivity contribution in [1.29, 1.82) is 0 Å². The Morgan fingerprint density at radius 3 is 2.35 bits per heavy atom. The molecule has 1 N–H and O–H groups in total. The monoisotopic (exact) mass is 511 g/mol. The molecule has 2 heterocycles. The average Bonchev–Trinajstić information content (AvgIpc) is 3.36. The molecular weight excluding hydrogens is 486 g/mol. The van der Waals surface area contributed by atoms with Crippen molar-refractivity contribution in [1.82, 2.24) is 9.55 Å². The number of hydrogen-bond acceptors (Lipinski definition) is 6. The molecule has 186 valence electrons. The van der Waals surface area contributed by atoms with E-state index in [-0.39, 0.29) is 11.5 Å². The van der Waals surface area contributed by atoms with Gasteiger partial charge in [0.15, 0.2) is 0 Å². The maximum absolute atomic E-state index is 13.5. The molecular formula is C29H25N3O4S. The minimum atomic E-state index is -0.766. The highest BCUT2D eigenvalue weighted by Crippen LogP contribution is 2.32. The van der Waals surface area contributed by atoms with Crippen LogP contribution in [0.25, 0.3) is 21.3 Å². The summed E-state index contributed by atoms with van der Waals surface area (Å²) in [4.78, 5) is 31.6. The summed E-state index contributed by atoms with van der Waals surface area (Å²) in [5.74, 6) is 1.83. The fraction of sp³-hybridized carbons (Fsp3) is 0.138. The molecule has 7 nitrogen and oxygen atoms in total. The van der Waals surface area contributed by atoms with Gasteiger partial charge >= 0.3 is 0 Å². The van der Waals surface area contributed by atoms with Gasteiger partial charge in [-0.2, -0.15) is 0 Å². The molecule has 1 amide bonds. The topological polar surface area (TPSA) is 82.5 Å². The van der Waals surface area contributed by atoms with E-state index >= 15 is 0 Å². The molecule has 2 aromatic heterocycles. The Hall–Kier alpha value is -4.43. The zero-order valence-electron chi connectivity index (χ0n) is 20.4. The van der Waals surface area contributed by atoms with Gasteiger partial charge < -0.3 is 14.8 Å². The van der Waals surface area contributed by atoms with Crippen LogP contribution in [-0.2, 0) is 4.79 Å². The molecule has 0 aliphatic carbocycles. The summed E-state index contributed by atoms with van der Waals surface area (Å²) in [5.41, 5.74) is 2.02. The third-order valence-corrected chi connectivity index (χ3v) is 6.78. The summed E-state index contributed by atoms with van der Waals surface area (Å²) in [6, 6.07) is 23.4. The SMILES string of the molecule is CCOc1ccc(-c2csc3ncn(C(C)C(=O)Nc4ccc(Oc5ccccc5)cc4)c(=O)c23)cc1. The summed E-state index contributed by atoms with van der Waals surface area (Å²) in [7, 11) is 0. The Labute approximate surface area is 217 Å². The zero-order valence-corrected chi connectivity index (χ0v) is 21.2. The Bertz CT molecular complexity index is 1580. The molecule has 0 saturated heterocycles. The van der Waals surface area contributed by atoms with Crippen LogP contribution in [0.2, 0.25) is 0 Å². The van der Waals surface area contributed by atoms with Crippen LogP contribution in [-0.4, -0.2) is 22.1 Å². The number of ether oxygens (including phenoxy) is 2. The van der Waals surface area contributed by atoms with Crippen LogP contribution in [0.3, 0.4) is 0 Å². The van der Waals surface area contributed by atoms with Crippen molar-refractivity contribution in [3.63, 3.8) is 0 Å². The zero-order chi connectivity index (χ0) is 25.8. The molecule has 0 bridgehead atoms. The van der Waals surface area contributed by atoms with E-state index in [1.165, 1.54) is 22.2 Å². The first-order chi connectivity index (χ1) is 18.0. The summed E-state index contributed by atoms with van der Waals surface area (Å²) < 4.78 is 12.7. The summed E-state index contributed by atoms with van der Waals surface area (Å²) in [6.45, 7) is 4.20. The lowest BCUT2D eigenvalue weighted by Gasteiger charge is -2.15. The van der Waals surface area contributed by atoms with Gasteiger partial charge in [0.05, 0.1) is 18.3 Å². The number of rotatable bonds is 8. The predicted octanol–water partition coefficient (Wildman–Crippen LogP) is 6.52. The summed E-state index contributed by atoms with van der Waals surface area (Å²) in [6.07, 6.45) is 1.43. The van der Waals surface area contributed by atoms with E-state index in [0.717, 1.165) is 22.6 Å². The number of anilines is 1. The normalized spacial score (nSPS) is 11.7. The lowest BCUT2D eigenvalue weighted by atomic mass is 10.1. The number of carbonyl (C=O) groups is 1. The number of fused-ring (bicyclic) bond motifs is 1. The fourth-order valence-corrected chi connectivity index (χ4v) is 4.84. The lowest BCUT2D eigenvalue weighted by molar-refractivity contribution is -0.118. The van der Waals surface area contributed by atoms with E-state index in [2.05, 4.69) is 10.3 Å². The van der Waals surface area contributed by atoms with E-state index in [1.54, 1.807) is 31.2 Å². The molecule has 3 aromatic carbocycles. The van der Waals surface area contributed by atoms with E-state index in [0.29, 0.717) is 28.3 Å². The second-order valence-corrected chi connectivity index (χ2v) is 9.21. The van der Waals surface area contributed by atoms with Gasteiger partial charge in [0.2, 0.25) is 5.91 Å². The minimum absolute atomic E-state index is 0.260. The van der Waals surface area contributed by atoms with Crippen LogP contribution >= 0.6 is 11.3 Å². The van der Waals surface area contributed by atoms with Crippen molar-refractivity contribution in [2.45, 2.75) is 19.9 Å². The number of benzene rings is 3. The first-order valence-corrected chi connectivity index (χ1v) is 12.8. The van der Waals surface area contributed by atoms with E-state index in [1.807, 2.05) is 66.9 Å². The van der Waals surface area contributed by atoms with E-state index < -0.39 is 6.04 Å². The number of nitrogens with zero attached hydrogens (tertiary/aromatic N) is 2. The van der Waals surface area contributed by atoms with Crippen LogP contribution < -0.4 is 20.3 Å². The van der Waals surface area contributed by atoms with Crippen molar-refractivity contribution in [3.8, 4) is 28.4 Å². The molecule has 8 heteroatoms. The number of nitrogens with one attached hydrogen (secondary N) is 1. The summed E-state index contributed by atoms with van der Waals surface area (Å²) >= 11 is 1.40. The van der Waals surface area contributed by atoms with E-state index in [9.17, 15) is 9.59 Å². The Balaban J connectivity index is 1.35. The molecule has 0 aliphatic heterocycles. The molecule has 1 unspecified atom stereocenters.